The van der Waals surface area contributed by atoms with Gasteiger partial charge in [0.1, 0.15) is 0 Å². The second kappa shape index (κ2) is 7.65. The van der Waals surface area contributed by atoms with Crippen molar-refractivity contribution in [3.63, 3.8) is 0 Å². The molecule has 0 radical (unpaired) electrons. The summed E-state index contributed by atoms with van der Waals surface area (Å²) in [6.45, 7) is 7.81. The Kier molecular flexibility index (Phi) is 6.18. The maximum atomic E-state index is 11.7. The minimum Gasteiger partial charge on any atom is -0.355 e. The molecule has 0 fully saturated rings. The van der Waals surface area contributed by atoms with E-state index >= 15 is 0 Å². The summed E-state index contributed by atoms with van der Waals surface area (Å²) in [5.74, 6) is -0.115. The van der Waals surface area contributed by atoms with Crippen LogP contribution in [0.5, 0.6) is 0 Å². The van der Waals surface area contributed by atoms with E-state index in [4.69, 9.17) is 0 Å². The number of hydrogen-bond donors (Lipinski definition) is 3. The highest BCUT2D eigenvalue weighted by Crippen LogP contribution is 2.17. The summed E-state index contributed by atoms with van der Waals surface area (Å²) in [5, 5.41) is 8.77. The second-order valence-electron chi connectivity index (χ2n) is 4.81. The molecule has 1 aromatic rings. The zero-order valence-electron chi connectivity index (χ0n) is 12.5. The molecule has 0 aliphatic carbocycles. The lowest BCUT2D eigenvalue weighted by Gasteiger charge is -2.20. The van der Waals surface area contributed by atoms with Gasteiger partial charge in [0.15, 0.2) is 0 Å². The van der Waals surface area contributed by atoms with Crippen LogP contribution in [-0.2, 0) is 9.59 Å². The van der Waals surface area contributed by atoms with E-state index in [1.165, 1.54) is 6.92 Å². The zero-order chi connectivity index (χ0) is 15.1. The lowest BCUT2D eigenvalue weighted by Crippen LogP contribution is -2.43. The first-order chi connectivity index (χ1) is 9.43. The summed E-state index contributed by atoms with van der Waals surface area (Å²) in [4.78, 5) is 22.7. The molecule has 5 nitrogen and oxygen atoms in total. The quantitative estimate of drug-likeness (QED) is 0.743. The molecular weight excluding hydrogens is 254 g/mol. The van der Waals surface area contributed by atoms with Crippen molar-refractivity contribution in [1.29, 1.82) is 0 Å². The lowest BCUT2D eigenvalue weighted by atomic mass is 10.1. The van der Waals surface area contributed by atoms with Gasteiger partial charge in [-0.2, -0.15) is 0 Å². The minimum absolute atomic E-state index is 0.0151. The molecule has 0 saturated heterocycles. The first-order valence-corrected chi connectivity index (χ1v) is 6.85. The van der Waals surface area contributed by atoms with Crippen LogP contribution < -0.4 is 16.0 Å². The van der Waals surface area contributed by atoms with E-state index < -0.39 is 0 Å². The Morgan fingerprint density at radius 1 is 1.25 bits per heavy atom. The first kappa shape index (κ1) is 16.2. The monoisotopic (exact) mass is 277 g/mol. The van der Waals surface area contributed by atoms with Gasteiger partial charge in [0.2, 0.25) is 11.8 Å². The summed E-state index contributed by atoms with van der Waals surface area (Å²) in [6, 6.07) is 7.34. The Labute approximate surface area is 120 Å². The van der Waals surface area contributed by atoms with Crippen molar-refractivity contribution in [3.05, 3.63) is 29.8 Å². The van der Waals surface area contributed by atoms with Gasteiger partial charge < -0.3 is 10.6 Å². The molecule has 5 heteroatoms. The number of hydrogen-bond acceptors (Lipinski definition) is 3. The standard InChI is InChI=1S/C15H23N3O2/c1-5-16-15(20)11(3)17-10(2)13-7-6-8-14(9-13)18-12(4)19/h6-11,17H,5H2,1-4H3,(H,16,20)(H,18,19). The Balaban J connectivity index is 2.69. The van der Waals surface area contributed by atoms with Gasteiger partial charge in [-0.15, -0.1) is 0 Å². The molecule has 0 heterocycles. The topological polar surface area (TPSA) is 70.2 Å². The van der Waals surface area contributed by atoms with Crippen LogP contribution in [0.2, 0.25) is 0 Å². The maximum Gasteiger partial charge on any atom is 0.236 e. The molecule has 0 aliphatic rings. The molecule has 1 rings (SSSR count). The summed E-state index contributed by atoms with van der Waals surface area (Å²) < 4.78 is 0. The summed E-state index contributed by atoms with van der Waals surface area (Å²) in [6.07, 6.45) is 0. The predicted molar refractivity (Wildman–Crippen MR) is 80.4 cm³/mol. The average Bonchev–Trinajstić information content (AvgIpc) is 2.38. The van der Waals surface area contributed by atoms with Gasteiger partial charge in [-0.25, -0.2) is 0 Å². The number of amides is 2. The van der Waals surface area contributed by atoms with E-state index in [0.717, 1.165) is 11.3 Å². The zero-order valence-corrected chi connectivity index (χ0v) is 12.5. The van der Waals surface area contributed by atoms with E-state index in [9.17, 15) is 9.59 Å². The van der Waals surface area contributed by atoms with Crippen molar-refractivity contribution in [2.75, 3.05) is 11.9 Å². The Bertz CT molecular complexity index is 474. The highest BCUT2D eigenvalue weighted by molar-refractivity contribution is 5.88. The summed E-state index contributed by atoms with van der Waals surface area (Å²) in [5.41, 5.74) is 1.78. The van der Waals surface area contributed by atoms with Crippen LogP contribution in [0.1, 0.15) is 39.3 Å². The number of carbonyl (C=O) groups is 2. The third-order valence-corrected chi connectivity index (χ3v) is 2.95. The van der Waals surface area contributed by atoms with Crippen molar-refractivity contribution >= 4 is 17.5 Å². The van der Waals surface area contributed by atoms with Crippen LogP contribution in [-0.4, -0.2) is 24.4 Å². The van der Waals surface area contributed by atoms with E-state index in [1.807, 2.05) is 45.0 Å². The van der Waals surface area contributed by atoms with Gasteiger partial charge in [0.25, 0.3) is 0 Å². The first-order valence-electron chi connectivity index (χ1n) is 6.85. The number of carbonyl (C=O) groups excluding carboxylic acids is 2. The van der Waals surface area contributed by atoms with Crippen LogP contribution >= 0.6 is 0 Å². The Morgan fingerprint density at radius 2 is 1.95 bits per heavy atom. The summed E-state index contributed by atoms with van der Waals surface area (Å²) in [7, 11) is 0. The molecule has 3 N–H and O–H groups in total. The number of nitrogens with one attached hydrogen (secondary N) is 3. The fraction of sp³-hybridized carbons (Fsp3) is 0.467. The molecule has 1 aromatic carbocycles. The van der Waals surface area contributed by atoms with Gasteiger partial charge in [0, 0.05) is 25.2 Å². The van der Waals surface area contributed by atoms with Crippen molar-refractivity contribution in [3.8, 4) is 0 Å². The van der Waals surface area contributed by atoms with Crippen LogP contribution in [0.25, 0.3) is 0 Å². The van der Waals surface area contributed by atoms with Gasteiger partial charge in [-0.1, -0.05) is 12.1 Å². The van der Waals surface area contributed by atoms with Crippen molar-refractivity contribution in [2.24, 2.45) is 0 Å². The predicted octanol–water partition coefficient (Wildman–Crippen LogP) is 1.82. The Hall–Kier alpha value is -1.88. The van der Waals surface area contributed by atoms with Crippen LogP contribution in [0.15, 0.2) is 24.3 Å². The molecule has 2 amide bonds. The fourth-order valence-electron chi connectivity index (χ4n) is 1.96. The number of anilines is 1. The average molecular weight is 277 g/mol. The number of likely N-dealkylation sites (N-methyl/N-ethyl adjacent to an activating group) is 1. The van der Waals surface area contributed by atoms with Gasteiger partial charge in [-0.05, 0) is 38.5 Å². The van der Waals surface area contributed by atoms with Crippen molar-refractivity contribution in [1.82, 2.24) is 10.6 Å². The van der Waals surface area contributed by atoms with E-state index in [2.05, 4.69) is 16.0 Å². The number of rotatable bonds is 6. The molecule has 0 aromatic heterocycles. The van der Waals surface area contributed by atoms with E-state index in [1.54, 1.807) is 0 Å². The second-order valence-corrected chi connectivity index (χ2v) is 4.81. The van der Waals surface area contributed by atoms with Crippen LogP contribution in [0.3, 0.4) is 0 Å². The minimum atomic E-state index is -0.269. The Morgan fingerprint density at radius 3 is 2.55 bits per heavy atom. The molecule has 20 heavy (non-hydrogen) atoms. The van der Waals surface area contributed by atoms with Crippen molar-refractivity contribution < 1.29 is 9.59 Å². The normalized spacial score (nSPS) is 13.4. The largest absolute Gasteiger partial charge is 0.355 e. The summed E-state index contributed by atoms with van der Waals surface area (Å²) >= 11 is 0. The van der Waals surface area contributed by atoms with E-state index in [-0.39, 0.29) is 23.9 Å². The highest BCUT2D eigenvalue weighted by atomic mass is 16.2. The molecule has 2 atom stereocenters. The third kappa shape index (κ3) is 5.01. The third-order valence-electron chi connectivity index (χ3n) is 2.95. The van der Waals surface area contributed by atoms with E-state index in [0.29, 0.717) is 6.54 Å². The van der Waals surface area contributed by atoms with Gasteiger partial charge >= 0.3 is 0 Å². The highest BCUT2D eigenvalue weighted by Gasteiger charge is 2.15. The molecule has 0 bridgehead atoms. The SMILES string of the molecule is CCNC(=O)C(C)NC(C)c1cccc(NC(C)=O)c1. The molecular formula is C15H23N3O2. The fourth-order valence-corrected chi connectivity index (χ4v) is 1.96. The molecule has 0 spiro atoms. The van der Waals surface area contributed by atoms with Crippen LogP contribution in [0.4, 0.5) is 5.69 Å². The van der Waals surface area contributed by atoms with Crippen molar-refractivity contribution in [2.45, 2.75) is 39.8 Å². The molecule has 2 unspecified atom stereocenters. The van der Waals surface area contributed by atoms with Crippen LogP contribution in [0, 0.1) is 0 Å². The number of benzene rings is 1. The smallest absolute Gasteiger partial charge is 0.236 e. The molecule has 0 aliphatic heterocycles. The maximum absolute atomic E-state index is 11.7. The van der Waals surface area contributed by atoms with Gasteiger partial charge in [-0.3, -0.25) is 14.9 Å². The lowest BCUT2D eigenvalue weighted by molar-refractivity contribution is -0.122. The molecule has 110 valence electrons. The van der Waals surface area contributed by atoms with Gasteiger partial charge in [0.05, 0.1) is 6.04 Å². The molecule has 0 saturated carbocycles.